The Morgan fingerprint density at radius 1 is 1.09 bits per heavy atom. The van der Waals surface area contributed by atoms with Gasteiger partial charge >= 0.3 is 0 Å². The zero-order valence-corrected chi connectivity index (χ0v) is 15.4. The molecule has 0 spiro atoms. The van der Waals surface area contributed by atoms with Crippen molar-refractivity contribution in [1.82, 2.24) is 9.80 Å². The number of unbranched alkanes of at least 4 members (excludes halogenated alkanes) is 2. The maximum Gasteiger partial charge on any atom is 0.225 e. The summed E-state index contributed by atoms with van der Waals surface area (Å²) in [6.45, 7) is 8.62. The van der Waals surface area contributed by atoms with Gasteiger partial charge in [-0.15, -0.1) is 0 Å². The predicted molar refractivity (Wildman–Crippen MR) is 96.4 cm³/mol. The predicted octanol–water partition coefficient (Wildman–Crippen LogP) is 3.63. The summed E-state index contributed by atoms with van der Waals surface area (Å²) in [6.07, 6.45) is 8.15. The van der Waals surface area contributed by atoms with E-state index in [-0.39, 0.29) is 0 Å². The van der Waals surface area contributed by atoms with Crippen molar-refractivity contribution in [2.45, 2.75) is 64.8 Å². The minimum Gasteiger partial charge on any atom is -0.342 e. The quantitative estimate of drug-likeness (QED) is 0.680. The molecule has 2 aliphatic rings. The van der Waals surface area contributed by atoms with Gasteiger partial charge in [0.15, 0.2) is 0 Å². The van der Waals surface area contributed by atoms with Crippen LogP contribution in [0, 0.1) is 5.92 Å². The zero-order valence-electron chi connectivity index (χ0n) is 14.6. The molecular formula is C18H34N2OS. The SMILES string of the molecule is CCCCN(CCCC)C(=O)C1CCN([C@H]2CCSC2)CC1. The second kappa shape index (κ2) is 9.82. The van der Waals surface area contributed by atoms with E-state index in [1.807, 2.05) is 0 Å². The van der Waals surface area contributed by atoms with Crippen LogP contribution in [0.1, 0.15) is 58.8 Å². The van der Waals surface area contributed by atoms with Crippen molar-refractivity contribution in [3.8, 4) is 0 Å². The number of carbonyl (C=O) groups excluding carboxylic acids is 1. The summed E-state index contributed by atoms with van der Waals surface area (Å²) in [5, 5.41) is 0. The van der Waals surface area contributed by atoms with Crippen LogP contribution in [0.15, 0.2) is 0 Å². The number of hydrogen-bond acceptors (Lipinski definition) is 3. The first kappa shape index (κ1) is 18.1. The number of thioether (sulfide) groups is 1. The lowest BCUT2D eigenvalue weighted by molar-refractivity contribution is -0.137. The third kappa shape index (κ3) is 5.16. The van der Waals surface area contributed by atoms with Gasteiger partial charge in [0.25, 0.3) is 0 Å². The van der Waals surface area contributed by atoms with Gasteiger partial charge in [-0.05, 0) is 50.9 Å². The lowest BCUT2D eigenvalue weighted by Crippen LogP contribution is -2.46. The van der Waals surface area contributed by atoms with E-state index in [2.05, 4.69) is 35.4 Å². The monoisotopic (exact) mass is 326 g/mol. The Morgan fingerprint density at radius 2 is 1.73 bits per heavy atom. The van der Waals surface area contributed by atoms with Crippen LogP contribution in [-0.4, -0.2) is 59.4 Å². The zero-order chi connectivity index (χ0) is 15.8. The van der Waals surface area contributed by atoms with E-state index in [1.54, 1.807) is 0 Å². The van der Waals surface area contributed by atoms with Gasteiger partial charge in [0.05, 0.1) is 0 Å². The van der Waals surface area contributed by atoms with E-state index in [0.29, 0.717) is 11.8 Å². The highest BCUT2D eigenvalue weighted by Gasteiger charge is 2.31. The van der Waals surface area contributed by atoms with Crippen molar-refractivity contribution in [2.24, 2.45) is 5.92 Å². The van der Waals surface area contributed by atoms with Crippen LogP contribution in [-0.2, 0) is 4.79 Å². The third-order valence-electron chi connectivity index (χ3n) is 5.18. The van der Waals surface area contributed by atoms with Gasteiger partial charge in [-0.3, -0.25) is 9.69 Å². The molecule has 2 fully saturated rings. The van der Waals surface area contributed by atoms with E-state index in [9.17, 15) is 4.79 Å². The van der Waals surface area contributed by atoms with E-state index < -0.39 is 0 Å². The molecule has 22 heavy (non-hydrogen) atoms. The van der Waals surface area contributed by atoms with E-state index in [4.69, 9.17) is 0 Å². The average Bonchev–Trinajstić information content (AvgIpc) is 3.09. The molecule has 1 amide bonds. The highest BCUT2D eigenvalue weighted by molar-refractivity contribution is 7.99. The summed E-state index contributed by atoms with van der Waals surface area (Å²) < 4.78 is 0. The second-order valence-corrected chi connectivity index (χ2v) is 8.01. The largest absolute Gasteiger partial charge is 0.342 e. The van der Waals surface area contributed by atoms with Crippen molar-refractivity contribution in [1.29, 1.82) is 0 Å². The van der Waals surface area contributed by atoms with Crippen molar-refractivity contribution < 1.29 is 4.79 Å². The number of nitrogens with zero attached hydrogens (tertiary/aromatic N) is 2. The molecule has 0 aromatic rings. The van der Waals surface area contributed by atoms with Crippen LogP contribution in [0.2, 0.25) is 0 Å². The smallest absolute Gasteiger partial charge is 0.225 e. The summed E-state index contributed by atoms with van der Waals surface area (Å²) in [4.78, 5) is 17.7. The summed E-state index contributed by atoms with van der Waals surface area (Å²) >= 11 is 2.09. The minimum absolute atomic E-state index is 0.291. The number of carbonyl (C=O) groups is 1. The molecular weight excluding hydrogens is 292 g/mol. The van der Waals surface area contributed by atoms with Gasteiger partial charge in [0.1, 0.15) is 0 Å². The molecule has 3 nitrogen and oxygen atoms in total. The first-order valence-electron chi connectivity index (χ1n) is 9.36. The van der Waals surface area contributed by atoms with E-state index >= 15 is 0 Å². The van der Waals surface area contributed by atoms with Gasteiger partial charge in [-0.25, -0.2) is 0 Å². The highest BCUT2D eigenvalue weighted by Crippen LogP contribution is 2.27. The fraction of sp³-hybridized carbons (Fsp3) is 0.944. The van der Waals surface area contributed by atoms with Gasteiger partial charge in [0.2, 0.25) is 5.91 Å². The summed E-state index contributed by atoms with van der Waals surface area (Å²) in [7, 11) is 0. The van der Waals surface area contributed by atoms with Gasteiger partial charge in [0, 0.05) is 30.8 Å². The molecule has 2 saturated heterocycles. The Morgan fingerprint density at radius 3 is 2.23 bits per heavy atom. The molecule has 2 heterocycles. The highest BCUT2D eigenvalue weighted by atomic mass is 32.2. The van der Waals surface area contributed by atoms with Crippen molar-refractivity contribution >= 4 is 17.7 Å². The molecule has 4 heteroatoms. The first-order valence-corrected chi connectivity index (χ1v) is 10.5. The fourth-order valence-corrected chi connectivity index (χ4v) is 4.86. The Hall–Kier alpha value is -0.220. The maximum absolute atomic E-state index is 12.8. The molecule has 0 aliphatic carbocycles. The van der Waals surface area contributed by atoms with Gasteiger partial charge in [-0.1, -0.05) is 26.7 Å². The Balaban J connectivity index is 1.80. The van der Waals surface area contributed by atoms with Crippen LogP contribution in [0.25, 0.3) is 0 Å². The van der Waals surface area contributed by atoms with E-state index in [0.717, 1.165) is 57.9 Å². The number of hydrogen-bond donors (Lipinski definition) is 0. The molecule has 1 atom stereocenters. The summed E-state index contributed by atoms with van der Waals surface area (Å²) in [5.41, 5.74) is 0. The van der Waals surface area contributed by atoms with Crippen LogP contribution in [0.4, 0.5) is 0 Å². The molecule has 0 saturated carbocycles. The van der Waals surface area contributed by atoms with Crippen molar-refractivity contribution in [3.63, 3.8) is 0 Å². The molecule has 2 aliphatic heterocycles. The Bertz CT molecular complexity index is 315. The Labute approximate surface area is 141 Å². The standard InChI is InChI=1S/C18H34N2OS/c1-3-5-10-20(11-6-4-2)18(21)16-7-12-19(13-8-16)17-9-14-22-15-17/h16-17H,3-15H2,1-2H3/t17-/m0/s1. The van der Waals surface area contributed by atoms with Crippen LogP contribution < -0.4 is 0 Å². The molecule has 0 aromatic carbocycles. The van der Waals surface area contributed by atoms with Crippen LogP contribution >= 0.6 is 11.8 Å². The lowest BCUT2D eigenvalue weighted by atomic mass is 9.94. The number of likely N-dealkylation sites (tertiary alicyclic amines) is 1. The number of rotatable bonds is 8. The molecule has 0 N–H and O–H groups in total. The van der Waals surface area contributed by atoms with Crippen molar-refractivity contribution in [3.05, 3.63) is 0 Å². The summed E-state index contributed by atoms with van der Waals surface area (Å²) in [6, 6.07) is 0.789. The van der Waals surface area contributed by atoms with Crippen molar-refractivity contribution in [2.75, 3.05) is 37.7 Å². The average molecular weight is 327 g/mol. The first-order chi connectivity index (χ1) is 10.8. The molecule has 0 unspecified atom stereocenters. The minimum atomic E-state index is 0.291. The Kier molecular flexibility index (Phi) is 8.09. The van der Waals surface area contributed by atoms with Gasteiger partial charge in [-0.2, -0.15) is 11.8 Å². The molecule has 128 valence electrons. The fourth-order valence-electron chi connectivity index (χ4n) is 3.61. The number of piperidine rings is 1. The molecule has 0 bridgehead atoms. The van der Waals surface area contributed by atoms with Crippen LogP contribution in [0.3, 0.4) is 0 Å². The maximum atomic E-state index is 12.8. The topological polar surface area (TPSA) is 23.6 Å². The van der Waals surface area contributed by atoms with Gasteiger partial charge < -0.3 is 4.90 Å². The lowest BCUT2D eigenvalue weighted by Gasteiger charge is -2.37. The molecule has 0 aromatic heterocycles. The van der Waals surface area contributed by atoms with Crippen LogP contribution in [0.5, 0.6) is 0 Å². The van der Waals surface area contributed by atoms with E-state index in [1.165, 1.54) is 30.8 Å². The number of amides is 1. The second-order valence-electron chi connectivity index (χ2n) is 6.86. The molecule has 2 rings (SSSR count). The molecule has 0 radical (unpaired) electrons. The third-order valence-corrected chi connectivity index (χ3v) is 6.32. The summed E-state index contributed by atoms with van der Waals surface area (Å²) in [5.74, 6) is 3.37. The normalized spacial score (nSPS) is 23.8.